The Bertz CT molecular complexity index is 271. The predicted octanol–water partition coefficient (Wildman–Crippen LogP) is 1.54. The fraction of sp³-hybridized carbons (Fsp3) is 0.929. The molecule has 0 aliphatic heterocycles. The molecule has 1 aliphatic rings. The van der Waals surface area contributed by atoms with Crippen molar-refractivity contribution in [2.45, 2.75) is 52.6 Å². The Morgan fingerprint density at radius 1 is 1.39 bits per heavy atom. The largest absolute Gasteiger partial charge is 0.380 e. The lowest BCUT2D eigenvalue weighted by Gasteiger charge is -2.36. The van der Waals surface area contributed by atoms with Gasteiger partial charge in [-0.1, -0.05) is 13.8 Å². The van der Waals surface area contributed by atoms with Gasteiger partial charge in [0, 0.05) is 24.6 Å². The second-order valence-electron chi connectivity index (χ2n) is 5.77. The van der Waals surface area contributed by atoms with Crippen molar-refractivity contribution in [3.05, 3.63) is 0 Å². The Kier molecular flexibility index (Phi) is 6.09. The first-order chi connectivity index (χ1) is 8.45. The van der Waals surface area contributed by atoms with E-state index in [9.17, 15) is 4.79 Å². The zero-order valence-corrected chi connectivity index (χ0v) is 12.1. The molecular formula is C14H28N2O2. The van der Waals surface area contributed by atoms with Gasteiger partial charge in [-0.3, -0.25) is 4.79 Å². The first-order valence-electron chi connectivity index (χ1n) is 7.09. The lowest BCUT2D eigenvalue weighted by atomic mass is 9.72. The van der Waals surface area contributed by atoms with E-state index >= 15 is 0 Å². The average molecular weight is 256 g/mol. The van der Waals surface area contributed by atoms with E-state index in [1.54, 1.807) is 0 Å². The van der Waals surface area contributed by atoms with Crippen molar-refractivity contribution in [2.75, 3.05) is 13.2 Å². The highest BCUT2D eigenvalue weighted by Gasteiger charge is 2.35. The molecule has 0 aromatic heterocycles. The molecular weight excluding hydrogens is 228 g/mol. The van der Waals surface area contributed by atoms with E-state index in [-0.39, 0.29) is 23.9 Å². The highest BCUT2D eigenvalue weighted by atomic mass is 16.5. The Morgan fingerprint density at radius 3 is 2.67 bits per heavy atom. The lowest BCUT2D eigenvalue weighted by Crippen LogP contribution is -2.47. The maximum absolute atomic E-state index is 12.2. The molecule has 0 spiro atoms. The molecule has 0 aromatic carbocycles. The monoisotopic (exact) mass is 256 g/mol. The Balaban J connectivity index is 2.45. The number of hydrogen-bond donors (Lipinski definition) is 2. The summed E-state index contributed by atoms with van der Waals surface area (Å²) in [6.07, 6.45) is 1.84. The summed E-state index contributed by atoms with van der Waals surface area (Å²) in [5.74, 6) is 1.13. The molecule has 4 nitrogen and oxygen atoms in total. The third-order valence-corrected chi connectivity index (χ3v) is 3.98. The first-order valence-corrected chi connectivity index (χ1v) is 7.09. The van der Waals surface area contributed by atoms with Crippen LogP contribution in [0.5, 0.6) is 0 Å². The van der Waals surface area contributed by atoms with E-state index in [1.807, 2.05) is 13.8 Å². The van der Waals surface area contributed by atoms with E-state index in [4.69, 9.17) is 10.5 Å². The maximum atomic E-state index is 12.2. The van der Waals surface area contributed by atoms with E-state index in [0.29, 0.717) is 25.0 Å². The van der Waals surface area contributed by atoms with Crippen molar-refractivity contribution < 1.29 is 9.53 Å². The van der Waals surface area contributed by atoms with Crippen LogP contribution < -0.4 is 11.1 Å². The van der Waals surface area contributed by atoms with Crippen LogP contribution in [0.1, 0.15) is 40.5 Å². The van der Waals surface area contributed by atoms with Gasteiger partial charge in [-0.25, -0.2) is 0 Å². The number of nitrogens with one attached hydrogen (secondary N) is 1. The number of amides is 1. The molecule has 0 aromatic rings. The van der Waals surface area contributed by atoms with Crippen molar-refractivity contribution in [3.63, 3.8) is 0 Å². The number of hydrogen-bond acceptors (Lipinski definition) is 3. The van der Waals surface area contributed by atoms with E-state index in [0.717, 1.165) is 12.8 Å². The van der Waals surface area contributed by atoms with Gasteiger partial charge in [0.1, 0.15) is 0 Å². The van der Waals surface area contributed by atoms with Gasteiger partial charge in [-0.05, 0) is 38.5 Å². The second-order valence-corrected chi connectivity index (χ2v) is 5.77. The minimum atomic E-state index is 0.0558. The van der Waals surface area contributed by atoms with Gasteiger partial charge in [0.15, 0.2) is 0 Å². The number of carbonyl (C=O) groups excluding carboxylic acids is 1. The van der Waals surface area contributed by atoms with Crippen LogP contribution in [-0.4, -0.2) is 31.2 Å². The third-order valence-electron chi connectivity index (χ3n) is 3.98. The molecule has 1 aliphatic carbocycles. The highest BCUT2D eigenvalue weighted by molar-refractivity contribution is 5.79. The Labute approximate surface area is 111 Å². The van der Waals surface area contributed by atoms with Crippen molar-refractivity contribution in [2.24, 2.45) is 23.5 Å². The van der Waals surface area contributed by atoms with E-state index < -0.39 is 0 Å². The van der Waals surface area contributed by atoms with Crippen molar-refractivity contribution in [1.29, 1.82) is 0 Å². The van der Waals surface area contributed by atoms with Crippen LogP contribution in [0.15, 0.2) is 0 Å². The standard InChI is InChI=1S/C14H28N2O2/c1-5-18-8-11(4)16-14(17)12-7-13(15)10(3)6-9(12)2/h9-13H,5-8,15H2,1-4H3,(H,16,17). The van der Waals surface area contributed by atoms with Gasteiger partial charge in [-0.2, -0.15) is 0 Å². The molecule has 5 atom stereocenters. The topological polar surface area (TPSA) is 64.3 Å². The van der Waals surface area contributed by atoms with Crippen LogP contribution in [0.3, 0.4) is 0 Å². The summed E-state index contributed by atoms with van der Waals surface area (Å²) in [5.41, 5.74) is 6.07. The van der Waals surface area contributed by atoms with E-state index in [1.165, 1.54) is 0 Å². The zero-order chi connectivity index (χ0) is 13.7. The van der Waals surface area contributed by atoms with Gasteiger partial charge < -0.3 is 15.8 Å². The van der Waals surface area contributed by atoms with Gasteiger partial charge in [0.05, 0.1) is 6.61 Å². The minimum Gasteiger partial charge on any atom is -0.380 e. The Hall–Kier alpha value is -0.610. The van der Waals surface area contributed by atoms with Crippen LogP contribution in [0.25, 0.3) is 0 Å². The normalized spacial score (nSPS) is 34.1. The zero-order valence-electron chi connectivity index (χ0n) is 12.1. The van der Waals surface area contributed by atoms with Crippen LogP contribution >= 0.6 is 0 Å². The van der Waals surface area contributed by atoms with Gasteiger partial charge in [0.25, 0.3) is 0 Å². The molecule has 3 N–H and O–H groups in total. The fourth-order valence-corrected chi connectivity index (χ4v) is 2.73. The minimum absolute atomic E-state index is 0.0558. The van der Waals surface area contributed by atoms with Crippen molar-refractivity contribution in [3.8, 4) is 0 Å². The SMILES string of the molecule is CCOCC(C)NC(=O)C1CC(N)C(C)CC1C. The first kappa shape index (κ1) is 15.4. The average Bonchev–Trinajstić information content (AvgIpc) is 2.31. The molecule has 1 amide bonds. The summed E-state index contributed by atoms with van der Waals surface area (Å²) in [5, 5.41) is 3.03. The summed E-state index contributed by atoms with van der Waals surface area (Å²) in [6.45, 7) is 9.52. The second kappa shape index (κ2) is 7.10. The van der Waals surface area contributed by atoms with Crippen LogP contribution in [0.4, 0.5) is 0 Å². The quantitative estimate of drug-likeness (QED) is 0.784. The summed E-state index contributed by atoms with van der Waals surface area (Å²) in [6, 6.07) is 0.222. The smallest absolute Gasteiger partial charge is 0.223 e. The third kappa shape index (κ3) is 4.25. The Morgan fingerprint density at radius 2 is 2.06 bits per heavy atom. The summed E-state index contributed by atoms with van der Waals surface area (Å²) < 4.78 is 5.31. The summed E-state index contributed by atoms with van der Waals surface area (Å²) in [7, 11) is 0. The molecule has 0 saturated heterocycles. The molecule has 5 unspecified atom stereocenters. The van der Waals surface area contributed by atoms with Gasteiger partial charge in [-0.15, -0.1) is 0 Å². The van der Waals surface area contributed by atoms with Crippen LogP contribution in [0.2, 0.25) is 0 Å². The lowest BCUT2D eigenvalue weighted by molar-refractivity contribution is -0.129. The van der Waals surface area contributed by atoms with Gasteiger partial charge >= 0.3 is 0 Å². The molecule has 1 saturated carbocycles. The molecule has 106 valence electrons. The molecule has 0 bridgehead atoms. The molecule has 4 heteroatoms. The van der Waals surface area contributed by atoms with Gasteiger partial charge in [0.2, 0.25) is 5.91 Å². The molecule has 0 radical (unpaired) electrons. The summed E-state index contributed by atoms with van der Waals surface area (Å²) >= 11 is 0. The van der Waals surface area contributed by atoms with E-state index in [2.05, 4.69) is 19.2 Å². The predicted molar refractivity (Wildman–Crippen MR) is 73.1 cm³/mol. The highest BCUT2D eigenvalue weighted by Crippen LogP contribution is 2.32. The van der Waals surface area contributed by atoms with Crippen molar-refractivity contribution >= 4 is 5.91 Å². The van der Waals surface area contributed by atoms with Crippen LogP contribution in [0, 0.1) is 17.8 Å². The molecule has 1 fully saturated rings. The maximum Gasteiger partial charge on any atom is 0.223 e. The molecule has 0 heterocycles. The fourth-order valence-electron chi connectivity index (χ4n) is 2.73. The molecule has 1 rings (SSSR count). The van der Waals surface area contributed by atoms with Crippen molar-refractivity contribution in [1.82, 2.24) is 5.32 Å². The number of rotatable bonds is 5. The van der Waals surface area contributed by atoms with Crippen LogP contribution in [-0.2, 0) is 9.53 Å². The summed E-state index contributed by atoms with van der Waals surface area (Å²) in [4.78, 5) is 12.2. The number of ether oxygens (including phenoxy) is 1. The molecule has 18 heavy (non-hydrogen) atoms. The number of nitrogens with two attached hydrogens (primary N) is 1. The number of carbonyl (C=O) groups is 1.